The highest BCUT2D eigenvalue weighted by Gasteiger charge is 2.47. The van der Waals surface area contributed by atoms with E-state index < -0.39 is 0 Å². The highest BCUT2D eigenvalue weighted by Crippen LogP contribution is 2.52. The lowest BCUT2D eigenvalue weighted by Gasteiger charge is -2.35. The third kappa shape index (κ3) is 1.78. The molecule has 24 heavy (non-hydrogen) atoms. The van der Waals surface area contributed by atoms with E-state index in [-0.39, 0.29) is 0 Å². The van der Waals surface area contributed by atoms with E-state index in [1.165, 1.54) is 42.8 Å². The second-order valence-electron chi connectivity index (χ2n) is 8.12. The number of fused-ring (bicyclic) bond motifs is 4. The molecule has 1 aromatic heterocycles. The Labute approximate surface area is 142 Å². The fourth-order valence-electron chi connectivity index (χ4n) is 5.73. The van der Waals surface area contributed by atoms with Crippen LogP contribution in [0.1, 0.15) is 24.4 Å². The van der Waals surface area contributed by atoms with Crippen molar-refractivity contribution in [1.29, 1.82) is 0 Å². The van der Waals surface area contributed by atoms with Gasteiger partial charge in [0.25, 0.3) is 0 Å². The Morgan fingerprint density at radius 1 is 1.00 bits per heavy atom. The number of hydrogen-bond acceptors (Lipinski definition) is 3. The number of nitrogens with zero attached hydrogens (tertiary/aromatic N) is 3. The van der Waals surface area contributed by atoms with Gasteiger partial charge in [0.15, 0.2) is 0 Å². The SMILES string of the molecule is c1ccc2c(c1)-c1cncn1C2C1CC2CN(C3COC3)CC2C1. The molecule has 2 aromatic rings. The summed E-state index contributed by atoms with van der Waals surface area (Å²) in [5.41, 5.74) is 4.22. The monoisotopic (exact) mass is 321 g/mol. The van der Waals surface area contributed by atoms with E-state index in [1.54, 1.807) is 0 Å². The van der Waals surface area contributed by atoms with Crippen LogP contribution < -0.4 is 0 Å². The molecule has 4 nitrogen and oxygen atoms in total. The first kappa shape index (κ1) is 13.6. The van der Waals surface area contributed by atoms with Crippen molar-refractivity contribution in [3.8, 4) is 11.3 Å². The van der Waals surface area contributed by atoms with E-state index in [2.05, 4.69) is 38.7 Å². The van der Waals surface area contributed by atoms with Crippen molar-refractivity contribution in [2.75, 3.05) is 26.3 Å². The van der Waals surface area contributed by atoms with Crippen LogP contribution in [0.15, 0.2) is 36.8 Å². The Balaban J connectivity index is 1.28. The second kappa shape index (κ2) is 4.93. The molecular formula is C20H23N3O. The van der Waals surface area contributed by atoms with E-state index >= 15 is 0 Å². The summed E-state index contributed by atoms with van der Waals surface area (Å²) in [7, 11) is 0. The number of benzene rings is 1. The molecule has 0 N–H and O–H groups in total. The standard InChI is InChI=1S/C20H23N3O/c1-2-4-18-17(3-1)19-7-21-12-23(19)20(18)13-5-14-8-22(9-15(14)6-13)16-10-24-11-16/h1-4,7,12-16,20H,5-6,8-11H2. The Bertz CT molecular complexity index is 767. The van der Waals surface area contributed by atoms with Crippen molar-refractivity contribution in [2.24, 2.45) is 17.8 Å². The summed E-state index contributed by atoms with van der Waals surface area (Å²) in [6.07, 6.45) is 6.82. The van der Waals surface area contributed by atoms with Gasteiger partial charge in [0.1, 0.15) is 0 Å². The summed E-state index contributed by atoms with van der Waals surface area (Å²) in [6, 6.07) is 10.2. The first-order chi connectivity index (χ1) is 11.9. The molecule has 3 atom stereocenters. The van der Waals surface area contributed by atoms with Gasteiger partial charge in [-0.05, 0) is 36.2 Å². The van der Waals surface area contributed by atoms with Crippen molar-refractivity contribution in [3.63, 3.8) is 0 Å². The molecule has 1 aliphatic carbocycles. The molecule has 0 bridgehead atoms. The Morgan fingerprint density at radius 3 is 2.54 bits per heavy atom. The largest absolute Gasteiger partial charge is 0.378 e. The van der Waals surface area contributed by atoms with Gasteiger partial charge in [-0.1, -0.05) is 24.3 Å². The van der Waals surface area contributed by atoms with Gasteiger partial charge in [0.05, 0.1) is 43.5 Å². The predicted molar refractivity (Wildman–Crippen MR) is 91.7 cm³/mol. The predicted octanol–water partition coefficient (Wildman–Crippen LogP) is 2.81. The molecule has 0 spiro atoms. The van der Waals surface area contributed by atoms with E-state index in [4.69, 9.17) is 4.74 Å². The number of likely N-dealkylation sites (tertiary alicyclic amines) is 1. The first-order valence-corrected chi connectivity index (χ1v) is 9.31. The quantitative estimate of drug-likeness (QED) is 0.852. The summed E-state index contributed by atoms with van der Waals surface area (Å²) < 4.78 is 7.83. The maximum Gasteiger partial charge on any atom is 0.0956 e. The van der Waals surface area contributed by atoms with E-state index in [0.717, 1.165) is 31.0 Å². The summed E-state index contributed by atoms with van der Waals surface area (Å²) in [5.74, 6) is 2.53. The fraction of sp³-hybridized carbons (Fsp3) is 0.550. The third-order valence-electron chi connectivity index (χ3n) is 6.92. The average Bonchev–Trinajstić information content (AvgIpc) is 3.23. The van der Waals surface area contributed by atoms with Crippen molar-refractivity contribution in [2.45, 2.75) is 24.9 Å². The van der Waals surface area contributed by atoms with Crippen LogP contribution in [0.3, 0.4) is 0 Å². The maximum absolute atomic E-state index is 5.39. The van der Waals surface area contributed by atoms with Gasteiger partial charge in [-0.15, -0.1) is 0 Å². The lowest BCUT2D eigenvalue weighted by molar-refractivity contribution is -0.0597. The summed E-state index contributed by atoms with van der Waals surface area (Å²) in [4.78, 5) is 7.13. The zero-order chi connectivity index (χ0) is 15.7. The summed E-state index contributed by atoms with van der Waals surface area (Å²) in [5, 5.41) is 0. The van der Waals surface area contributed by atoms with Crippen LogP contribution >= 0.6 is 0 Å². The van der Waals surface area contributed by atoms with Crippen LogP contribution in [0.4, 0.5) is 0 Å². The molecule has 124 valence electrons. The molecule has 3 aliphatic heterocycles. The van der Waals surface area contributed by atoms with Gasteiger partial charge in [-0.25, -0.2) is 4.98 Å². The molecule has 2 saturated heterocycles. The molecule has 4 aliphatic rings. The highest BCUT2D eigenvalue weighted by atomic mass is 16.5. The van der Waals surface area contributed by atoms with E-state index in [9.17, 15) is 0 Å². The van der Waals surface area contributed by atoms with Gasteiger partial charge in [-0.2, -0.15) is 0 Å². The van der Waals surface area contributed by atoms with Gasteiger partial charge >= 0.3 is 0 Å². The Morgan fingerprint density at radius 2 is 1.79 bits per heavy atom. The van der Waals surface area contributed by atoms with Crippen LogP contribution in [0.25, 0.3) is 11.3 Å². The lowest BCUT2D eigenvalue weighted by Crippen LogP contribution is -2.48. The van der Waals surface area contributed by atoms with Gasteiger partial charge in [-0.3, -0.25) is 4.90 Å². The smallest absolute Gasteiger partial charge is 0.0956 e. The minimum atomic E-state index is 0.504. The first-order valence-electron chi connectivity index (χ1n) is 9.31. The Kier molecular flexibility index (Phi) is 2.80. The van der Waals surface area contributed by atoms with Crippen LogP contribution in [0.5, 0.6) is 0 Å². The number of rotatable bonds is 2. The molecule has 0 amide bonds. The fourth-order valence-corrected chi connectivity index (χ4v) is 5.73. The molecule has 1 saturated carbocycles. The molecule has 4 heterocycles. The molecule has 1 aromatic carbocycles. The highest BCUT2D eigenvalue weighted by molar-refractivity contribution is 5.69. The minimum Gasteiger partial charge on any atom is -0.378 e. The zero-order valence-electron chi connectivity index (χ0n) is 13.8. The third-order valence-corrected chi connectivity index (χ3v) is 6.92. The van der Waals surface area contributed by atoms with Crippen LogP contribution in [-0.2, 0) is 4.74 Å². The maximum atomic E-state index is 5.39. The number of ether oxygens (including phenoxy) is 1. The normalized spacial score (nSPS) is 34.8. The second-order valence-corrected chi connectivity index (χ2v) is 8.12. The average molecular weight is 321 g/mol. The minimum absolute atomic E-state index is 0.504. The van der Waals surface area contributed by atoms with Gasteiger partial charge in [0, 0.05) is 18.7 Å². The van der Waals surface area contributed by atoms with Crippen molar-refractivity contribution in [3.05, 3.63) is 42.4 Å². The number of aromatic nitrogens is 2. The van der Waals surface area contributed by atoms with Crippen LogP contribution in [0.2, 0.25) is 0 Å². The van der Waals surface area contributed by atoms with Crippen molar-refractivity contribution < 1.29 is 4.74 Å². The van der Waals surface area contributed by atoms with Gasteiger partial charge in [0.2, 0.25) is 0 Å². The molecule has 4 heteroatoms. The topological polar surface area (TPSA) is 30.3 Å². The summed E-state index contributed by atoms with van der Waals surface area (Å²) >= 11 is 0. The zero-order valence-corrected chi connectivity index (χ0v) is 13.8. The van der Waals surface area contributed by atoms with E-state index in [0.29, 0.717) is 12.1 Å². The van der Waals surface area contributed by atoms with Crippen molar-refractivity contribution >= 4 is 0 Å². The molecular weight excluding hydrogens is 298 g/mol. The number of hydrogen-bond donors (Lipinski definition) is 0. The molecule has 3 fully saturated rings. The molecule has 3 unspecified atom stereocenters. The van der Waals surface area contributed by atoms with Crippen LogP contribution in [0, 0.1) is 17.8 Å². The van der Waals surface area contributed by atoms with Crippen LogP contribution in [-0.4, -0.2) is 46.8 Å². The van der Waals surface area contributed by atoms with Crippen molar-refractivity contribution in [1.82, 2.24) is 14.5 Å². The van der Waals surface area contributed by atoms with E-state index in [1.807, 2.05) is 12.5 Å². The van der Waals surface area contributed by atoms with Gasteiger partial charge < -0.3 is 9.30 Å². The summed E-state index contributed by atoms with van der Waals surface area (Å²) in [6.45, 7) is 4.50. The molecule has 6 rings (SSSR count). The number of imidazole rings is 1. The lowest BCUT2D eigenvalue weighted by atomic mass is 9.90. The molecule has 0 radical (unpaired) electrons. The Hall–Kier alpha value is -1.65.